The quantitative estimate of drug-likeness (QED) is 0.467. The van der Waals surface area contributed by atoms with E-state index in [1.807, 2.05) is 78.9 Å². The molecule has 0 aliphatic carbocycles. The highest BCUT2D eigenvalue weighted by Gasteiger charge is 2.34. The van der Waals surface area contributed by atoms with Crippen LogP contribution in [0.4, 0.5) is 11.4 Å². The molecule has 0 unspecified atom stereocenters. The van der Waals surface area contributed by atoms with Gasteiger partial charge in [-0.2, -0.15) is 0 Å². The summed E-state index contributed by atoms with van der Waals surface area (Å²) >= 11 is 1.33. The smallest absolute Gasteiger partial charge is 0.271 e. The van der Waals surface area contributed by atoms with Gasteiger partial charge in [-0.15, -0.1) is 0 Å². The van der Waals surface area contributed by atoms with Crippen molar-refractivity contribution in [3.05, 3.63) is 83.3 Å². The first-order valence-electron chi connectivity index (χ1n) is 9.86. The van der Waals surface area contributed by atoms with Crippen LogP contribution in [-0.2, 0) is 4.79 Å². The lowest BCUT2D eigenvalue weighted by Gasteiger charge is -2.16. The molecule has 32 heavy (non-hydrogen) atoms. The van der Waals surface area contributed by atoms with Crippen molar-refractivity contribution in [3.8, 4) is 17.2 Å². The van der Waals surface area contributed by atoms with Gasteiger partial charge in [0.1, 0.15) is 17.2 Å². The zero-order chi connectivity index (χ0) is 22.5. The van der Waals surface area contributed by atoms with Gasteiger partial charge in [-0.25, -0.2) is 4.99 Å². The van der Waals surface area contributed by atoms with Crippen LogP contribution in [0.15, 0.2) is 82.7 Å². The number of aliphatic imine (C=N–C) groups is 1. The molecule has 6 nitrogen and oxygen atoms in total. The molecule has 1 amide bonds. The Labute approximate surface area is 191 Å². The SMILES string of the molecule is COc1ccc(/C=C2\SC(=Nc3ccc(OC)cc3)N(c3ccc(OC)cc3)C2=O)cc1. The molecule has 0 bridgehead atoms. The number of amidine groups is 1. The minimum atomic E-state index is -0.136. The van der Waals surface area contributed by atoms with Crippen LogP contribution in [0.5, 0.6) is 17.2 Å². The molecule has 4 rings (SSSR count). The number of amides is 1. The maximum atomic E-state index is 13.4. The van der Waals surface area contributed by atoms with Crippen LogP contribution in [0.1, 0.15) is 5.56 Å². The van der Waals surface area contributed by atoms with Crippen molar-refractivity contribution in [1.29, 1.82) is 0 Å². The summed E-state index contributed by atoms with van der Waals surface area (Å²) in [6, 6.07) is 22.3. The Kier molecular flexibility index (Phi) is 6.47. The van der Waals surface area contributed by atoms with Crippen molar-refractivity contribution in [1.82, 2.24) is 0 Å². The highest BCUT2D eigenvalue weighted by atomic mass is 32.2. The topological polar surface area (TPSA) is 60.4 Å². The molecule has 1 fully saturated rings. The summed E-state index contributed by atoms with van der Waals surface area (Å²) in [5.41, 5.74) is 2.35. The van der Waals surface area contributed by atoms with E-state index < -0.39 is 0 Å². The van der Waals surface area contributed by atoms with Gasteiger partial charge in [0, 0.05) is 0 Å². The van der Waals surface area contributed by atoms with Gasteiger partial charge in [0.25, 0.3) is 5.91 Å². The molecule has 0 N–H and O–H groups in total. The van der Waals surface area contributed by atoms with E-state index >= 15 is 0 Å². The second kappa shape index (κ2) is 9.62. The third-order valence-corrected chi connectivity index (χ3v) is 5.82. The highest BCUT2D eigenvalue weighted by Crippen LogP contribution is 2.38. The lowest BCUT2D eigenvalue weighted by molar-refractivity contribution is -0.113. The molecule has 0 saturated carbocycles. The lowest BCUT2D eigenvalue weighted by Crippen LogP contribution is -2.28. The summed E-state index contributed by atoms with van der Waals surface area (Å²) in [7, 11) is 4.85. The van der Waals surface area contributed by atoms with Gasteiger partial charge in [0.05, 0.1) is 37.6 Å². The Morgan fingerprint density at radius 2 is 1.25 bits per heavy atom. The average Bonchev–Trinajstić information content (AvgIpc) is 3.14. The fraction of sp³-hybridized carbons (Fsp3) is 0.120. The number of rotatable bonds is 6. The van der Waals surface area contributed by atoms with E-state index in [2.05, 4.69) is 0 Å². The Balaban J connectivity index is 1.72. The van der Waals surface area contributed by atoms with E-state index in [4.69, 9.17) is 19.2 Å². The van der Waals surface area contributed by atoms with Gasteiger partial charge in [0.2, 0.25) is 0 Å². The number of benzene rings is 3. The van der Waals surface area contributed by atoms with Crippen LogP contribution in [-0.4, -0.2) is 32.4 Å². The number of nitrogens with zero attached hydrogens (tertiary/aromatic N) is 2. The molecule has 0 atom stereocenters. The maximum absolute atomic E-state index is 13.4. The first-order valence-corrected chi connectivity index (χ1v) is 10.7. The second-order valence-corrected chi connectivity index (χ2v) is 7.82. The Morgan fingerprint density at radius 3 is 1.78 bits per heavy atom. The fourth-order valence-electron chi connectivity index (χ4n) is 3.13. The second-order valence-electron chi connectivity index (χ2n) is 6.81. The van der Waals surface area contributed by atoms with Crippen LogP contribution in [0, 0.1) is 0 Å². The number of carbonyl (C=O) groups excluding carboxylic acids is 1. The monoisotopic (exact) mass is 446 g/mol. The van der Waals surface area contributed by atoms with Gasteiger partial charge >= 0.3 is 0 Å². The number of anilines is 1. The van der Waals surface area contributed by atoms with Crippen molar-refractivity contribution in [2.75, 3.05) is 26.2 Å². The Hall–Kier alpha value is -3.71. The van der Waals surface area contributed by atoms with Crippen LogP contribution in [0.3, 0.4) is 0 Å². The molecule has 1 aliphatic heterocycles. The first kappa shape index (κ1) is 21.5. The van der Waals surface area contributed by atoms with Crippen molar-refractivity contribution in [3.63, 3.8) is 0 Å². The van der Waals surface area contributed by atoms with Gasteiger partial charge in [-0.1, -0.05) is 12.1 Å². The van der Waals surface area contributed by atoms with E-state index in [0.717, 1.165) is 28.5 Å². The summed E-state index contributed by atoms with van der Waals surface area (Å²) in [6.07, 6.45) is 1.86. The number of ether oxygens (including phenoxy) is 3. The third kappa shape index (κ3) is 4.63. The van der Waals surface area contributed by atoms with Gasteiger partial charge in [-0.3, -0.25) is 9.69 Å². The van der Waals surface area contributed by atoms with E-state index in [-0.39, 0.29) is 5.91 Å². The molecule has 0 spiro atoms. The van der Waals surface area contributed by atoms with Gasteiger partial charge in [-0.05, 0) is 84.1 Å². The fourth-order valence-corrected chi connectivity index (χ4v) is 4.13. The van der Waals surface area contributed by atoms with Crippen LogP contribution >= 0.6 is 11.8 Å². The number of hydrogen-bond donors (Lipinski definition) is 0. The van der Waals surface area contributed by atoms with E-state index in [9.17, 15) is 4.79 Å². The molecule has 3 aromatic carbocycles. The Bertz CT molecular complexity index is 1150. The number of hydrogen-bond acceptors (Lipinski definition) is 6. The molecule has 1 saturated heterocycles. The molecule has 162 valence electrons. The summed E-state index contributed by atoms with van der Waals surface area (Å²) < 4.78 is 15.7. The van der Waals surface area contributed by atoms with Crippen LogP contribution in [0.2, 0.25) is 0 Å². The summed E-state index contributed by atoms with van der Waals surface area (Å²) in [5, 5.41) is 0.574. The number of methoxy groups -OCH3 is 3. The predicted molar refractivity (Wildman–Crippen MR) is 129 cm³/mol. The molecule has 7 heteroatoms. The minimum absolute atomic E-state index is 0.136. The molecule has 1 heterocycles. The van der Waals surface area contributed by atoms with Gasteiger partial charge in [0.15, 0.2) is 5.17 Å². The first-order chi connectivity index (χ1) is 15.6. The zero-order valence-corrected chi connectivity index (χ0v) is 18.8. The molecular formula is C25H22N2O4S. The normalized spacial score (nSPS) is 16.0. The predicted octanol–water partition coefficient (Wildman–Crippen LogP) is 5.52. The Morgan fingerprint density at radius 1 is 0.750 bits per heavy atom. The minimum Gasteiger partial charge on any atom is -0.497 e. The van der Waals surface area contributed by atoms with Crippen molar-refractivity contribution >= 4 is 40.3 Å². The van der Waals surface area contributed by atoms with E-state index in [1.165, 1.54) is 11.8 Å². The lowest BCUT2D eigenvalue weighted by atomic mass is 10.2. The van der Waals surface area contributed by atoms with E-state index in [0.29, 0.717) is 15.8 Å². The van der Waals surface area contributed by atoms with Crippen LogP contribution < -0.4 is 19.1 Å². The maximum Gasteiger partial charge on any atom is 0.271 e. The molecular weight excluding hydrogens is 424 g/mol. The summed E-state index contributed by atoms with van der Waals surface area (Å²) in [5.74, 6) is 2.09. The summed E-state index contributed by atoms with van der Waals surface area (Å²) in [4.78, 5) is 20.3. The van der Waals surface area contributed by atoms with Crippen molar-refractivity contribution in [2.45, 2.75) is 0 Å². The van der Waals surface area contributed by atoms with Crippen molar-refractivity contribution in [2.24, 2.45) is 4.99 Å². The van der Waals surface area contributed by atoms with Gasteiger partial charge < -0.3 is 14.2 Å². The zero-order valence-electron chi connectivity index (χ0n) is 17.9. The molecule has 3 aromatic rings. The largest absolute Gasteiger partial charge is 0.497 e. The van der Waals surface area contributed by atoms with Crippen molar-refractivity contribution < 1.29 is 19.0 Å². The molecule has 0 aromatic heterocycles. The standard InChI is InChI=1S/C25H22N2O4S/c1-29-20-10-4-17(5-11-20)16-23-24(28)27(19-8-14-22(31-3)15-9-19)25(32-23)26-18-6-12-21(30-2)13-7-18/h4-16H,1-3H3/b23-16-,26-25?. The molecule has 1 aliphatic rings. The van der Waals surface area contributed by atoms with E-state index in [1.54, 1.807) is 26.2 Å². The number of carbonyl (C=O) groups is 1. The number of thioether (sulfide) groups is 1. The highest BCUT2D eigenvalue weighted by molar-refractivity contribution is 8.19. The molecule has 0 radical (unpaired) electrons. The third-order valence-electron chi connectivity index (χ3n) is 4.85. The van der Waals surface area contributed by atoms with Crippen LogP contribution in [0.25, 0.3) is 6.08 Å². The average molecular weight is 447 g/mol. The summed E-state index contributed by atoms with van der Waals surface area (Å²) in [6.45, 7) is 0.